The van der Waals surface area contributed by atoms with Gasteiger partial charge < -0.3 is 14.8 Å². The fraction of sp³-hybridized carbons (Fsp3) is 0.130. The first-order valence-corrected chi connectivity index (χ1v) is 9.08. The lowest BCUT2D eigenvalue weighted by molar-refractivity contribution is 0.412. The topological polar surface area (TPSA) is 56.3 Å². The zero-order valence-corrected chi connectivity index (χ0v) is 15.8. The van der Waals surface area contributed by atoms with Gasteiger partial charge in [0.25, 0.3) is 0 Å². The summed E-state index contributed by atoms with van der Waals surface area (Å²) in [5, 5.41) is 4.56. The number of rotatable bonds is 6. The quantitative estimate of drug-likeness (QED) is 0.495. The van der Waals surface area contributed by atoms with E-state index in [1.165, 1.54) is 10.9 Å². The molecule has 28 heavy (non-hydrogen) atoms. The van der Waals surface area contributed by atoms with Crippen LogP contribution in [-0.4, -0.2) is 17.1 Å². The number of nitrogens with one attached hydrogen (secondary N) is 1. The SMILES string of the molecule is COc1ccc(Oc2cc(CNc3cc(C)c4ccccc4n3)ccn2)cc1. The Labute approximate surface area is 164 Å². The molecule has 0 aliphatic carbocycles. The van der Waals surface area contributed by atoms with Crippen LogP contribution in [0.2, 0.25) is 0 Å². The van der Waals surface area contributed by atoms with Crippen molar-refractivity contribution in [3.63, 3.8) is 0 Å². The summed E-state index contributed by atoms with van der Waals surface area (Å²) in [4.78, 5) is 8.98. The van der Waals surface area contributed by atoms with Crippen LogP contribution >= 0.6 is 0 Å². The fourth-order valence-corrected chi connectivity index (χ4v) is 3.01. The third-order valence-corrected chi connectivity index (χ3v) is 4.48. The minimum Gasteiger partial charge on any atom is -0.497 e. The highest BCUT2D eigenvalue weighted by atomic mass is 16.5. The van der Waals surface area contributed by atoms with Crippen molar-refractivity contribution in [2.24, 2.45) is 0 Å². The van der Waals surface area contributed by atoms with Gasteiger partial charge in [0.05, 0.1) is 12.6 Å². The second-order valence-corrected chi connectivity index (χ2v) is 6.48. The van der Waals surface area contributed by atoms with Crippen molar-refractivity contribution in [1.82, 2.24) is 9.97 Å². The molecular formula is C23H21N3O2. The number of pyridine rings is 2. The van der Waals surface area contributed by atoms with Crippen molar-refractivity contribution in [2.45, 2.75) is 13.5 Å². The number of hydrogen-bond acceptors (Lipinski definition) is 5. The first-order valence-electron chi connectivity index (χ1n) is 9.08. The van der Waals surface area contributed by atoms with Crippen LogP contribution in [0.1, 0.15) is 11.1 Å². The van der Waals surface area contributed by atoms with Gasteiger partial charge in [0.1, 0.15) is 17.3 Å². The third kappa shape index (κ3) is 4.04. The predicted molar refractivity (Wildman–Crippen MR) is 111 cm³/mol. The molecule has 2 aromatic carbocycles. The lowest BCUT2D eigenvalue weighted by Crippen LogP contribution is -2.02. The van der Waals surface area contributed by atoms with Crippen molar-refractivity contribution < 1.29 is 9.47 Å². The highest BCUT2D eigenvalue weighted by Gasteiger charge is 2.04. The van der Waals surface area contributed by atoms with Gasteiger partial charge in [-0.2, -0.15) is 0 Å². The van der Waals surface area contributed by atoms with E-state index in [-0.39, 0.29) is 0 Å². The number of fused-ring (bicyclic) bond motifs is 1. The summed E-state index contributed by atoms with van der Waals surface area (Å²) in [6.45, 7) is 2.73. The second-order valence-electron chi connectivity index (χ2n) is 6.48. The van der Waals surface area contributed by atoms with Gasteiger partial charge in [0.2, 0.25) is 5.88 Å². The molecule has 0 aliphatic rings. The molecular weight excluding hydrogens is 350 g/mol. The van der Waals surface area contributed by atoms with Crippen LogP contribution in [0.3, 0.4) is 0 Å². The van der Waals surface area contributed by atoms with Crippen molar-refractivity contribution in [2.75, 3.05) is 12.4 Å². The fourth-order valence-electron chi connectivity index (χ4n) is 3.01. The summed E-state index contributed by atoms with van der Waals surface area (Å²) in [6, 6.07) is 21.5. The van der Waals surface area contributed by atoms with Crippen LogP contribution in [0.4, 0.5) is 5.82 Å². The number of nitrogens with zero attached hydrogens (tertiary/aromatic N) is 2. The highest BCUT2D eigenvalue weighted by molar-refractivity contribution is 5.83. The number of hydrogen-bond donors (Lipinski definition) is 1. The van der Waals surface area contributed by atoms with E-state index in [1.807, 2.05) is 54.6 Å². The molecule has 5 nitrogen and oxygen atoms in total. The molecule has 0 unspecified atom stereocenters. The number of benzene rings is 2. The van der Waals surface area contributed by atoms with E-state index < -0.39 is 0 Å². The Morgan fingerprint density at radius 1 is 0.929 bits per heavy atom. The van der Waals surface area contributed by atoms with Crippen LogP contribution in [0.5, 0.6) is 17.4 Å². The molecule has 0 bridgehead atoms. The summed E-state index contributed by atoms with van der Waals surface area (Å²) in [5.41, 5.74) is 3.25. The van der Waals surface area contributed by atoms with E-state index in [1.54, 1.807) is 13.3 Å². The number of aryl methyl sites for hydroxylation is 1. The zero-order chi connectivity index (χ0) is 19.3. The molecule has 0 atom stereocenters. The summed E-state index contributed by atoms with van der Waals surface area (Å²) < 4.78 is 11.0. The van der Waals surface area contributed by atoms with Crippen LogP contribution in [0, 0.1) is 6.92 Å². The molecule has 0 fully saturated rings. The highest BCUT2D eigenvalue weighted by Crippen LogP contribution is 2.24. The lowest BCUT2D eigenvalue weighted by atomic mass is 10.1. The number of anilines is 1. The van der Waals surface area contributed by atoms with Gasteiger partial charge >= 0.3 is 0 Å². The van der Waals surface area contributed by atoms with Crippen LogP contribution in [-0.2, 0) is 6.54 Å². The average Bonchev–Trinajstić information content (AvgIpc) is 2.73. The molecule has 0 radical (unpaired) electrons. The molecule has 4 rings (SSSR count). The molecule has 2 heterocycles. The van der Waals surface area contributed by atoms with Crippen molar-refractivity contribution in [3.05, 3.63) is 84.1 Å². The van der Waals surface area contributed by atoms with Crippen molar-refractivity contribution >= 4 is 16.7 Å². The lowest BCUT2D eigenvalue weighted by Gasteiger charge is -2.10. The van der Waals surface area contributed by atoms with E-state index in [9.17, 15) is 0 Å². The van der Waals surface area contributed by atoms with Crippen molar-refractivity contribution in [3.8, 4) is 17.4 Å². The Morgan fingerprint density at radius 3 is 2.54 bits per heavy atom. The van der Waals surface area contributed by atoms with Crippen LogP contribution in [0.15, 0.2) is 72.9 Å². The van der Waals surface area contributed by atoms with Gasteiger partial charge in [-0.15, -0.1) is 0 Å². The molecule has 140 valence electrons. The first-order chi connectivity index (χ1) is 13.7. The van der Waals surface area contributed by atoms with Gasteiger partial charge in [-0.1, -0.05) is 18.2 Å². The van der Waals surface area contributed by atoms with E-state index in [4.69, 9.17) is 9.47 Å². The third-order valence-electron chi connectivity index (χ3n) is 4.48. The van der Waals surface area contributed by atoms with Gasteiger partial charge in [-0.25, -0.2) is 9.97 Å². The van der Waals surface area contributed by atoms with Gasteiger partial charge in [0, 0.05) is 24.2 Å². The maximum absolute atomic E-state index is 5.84. The Hall–Kier alpha value is -3.60. The van der Waals surface area contributed by atoms with E-state index in [2.05, 4.69) is 34.3 Å². The summed E-state index contributed by atoms with van der Waals surface area (Å²) in [7, 11) is 1.64. The first kappa shape index (κ1) is 17.8. The number of aromatic nitrogens is 2. The molecule has 0 spiro atoms. The van der Waals surface area contributed by atoms with E-state index in [0.717, 1.165) is 22.6 Å². The van der Waals surface area contributed by atoms with Gasteiger partial charge in [0.15, 0.2) is 0 Å². The molecule has 0 saturated heterocycles. The molecule has 0 aliphatic heterocycles. The Bertz CT molecular complexity index is 1090. The van der Waals surface area contributed by atoms with E-state index >= 15 is 0 Å². The molecule has 5 heteroatoms. The largest absolute Gasteiger partial charge is 0.497 e. The van der Waals surface area contributed by atoms with E-state index in [0.29, 0.717) is 18.2 Å². The molecule has 2 aromatic heterocycles. The Balaban J connectivity index is 1.46. The predicted octanol–water partition coefficient (Wildman–Crippen LogP) is 5.35. The van der Waals surface area contributed by atoms with Crippen LogP contribution < -0.4 is 14.8 Å². The average molecular weight is 371 g/mol. The Morgan fingerprint density at radius 2 is 1.71 bits per heavy atom. The van der Waals surface area contributed by atoms with Crippen molar-refractivity contribution in [1.29, 1.82) is 0 Å². The molecule has 4 aromatic rings. The normalized spacial score (nSPS) is 10.6. The second kappa shape index (κ2) is 7.96. The monoisotopic (exact) mass is 371 g/mol. The maximum atomic E-state index is 5.84. The summed E-state index contributed by atoms with van der Waals surface area (Å²) in [5.74, 6) is 2.90. The minimum absolute atomic E-state index is 0.548. The number of para-hydroxylation sites is 1. The van der Waals surface area contributed by atoms with Gasteiger partial charge in [-0.05, 0) is 60.5 Å². The number of methoxy groups -OCH3 is 1. The molecule has 0 amide bonds. The standard InChI is InChI=1S/C23H21N3O2/c1-16-13-22(26-21-6-4-3-5-20(16)21)25-15-17-11-12-24-23(14-17)28-19-9-7-18(27-2)8-10-19/h3-14H,15H2,1-2H3,(H,25,26). The molecule has 0 saturated carbocycles. The smallest absolute Gasteiger partial charge is 0.219 e. The van der Waals surface area contributed by atoms with Crippen LogP contribution in [0.25, 0.3) is 10.9 Å². The Kier molecular flexibility index (Phi) is 5.06. The minimum atomic E-state index is 0.548. The maximum Gasteiger partial charge on any atom is 0.219 e. The number of ether oxygens (including phenoxy) is 2. The van der Waals surface area contributed by atoms with Gasteiger partial charge in [-0.3, -0.25) is 0 Å². The summed E-state index contributed by atoms with van der Waals surface area (Å²) in [6.07, 6.45) is 1.74. The summed E-state index contributed by atoms with van der Waals surface area (Å²) >= 11 is 0. The zero-order valence-electron chi connectivity index (χ0n) is 15.8. The molecule has 1 N–H and O–H groups in total.